The Hall–Kier alpha value is -1.51. The van der Waals surface area contributed by atoms with E-state index in [1.54, 1.807) is 26.0 Å². The Morgan fingerprint density at radius 3 is 2.48 bits per heavy atom. The molecule has 0 amide bonds. The number of esters is 1. The lowest BCUT2D eigenvalue weighted by Crippen LogP contribution is -2.37. The zero-order valence-electron chi connectivity index (χ0n) is 11.9. The number of thiocarbonyl (C=S) groups is 1. The molecule has 0 aromatic heterocycles. The molecule has 0 fully saturated rings. The van der Waals surface area contributed by atoms with Crippen molar-refractivity contribution in [1.29, 1.82) is 0 Å². The Morgan fingerprint density at radius 2 is 1.95 bits per heavy atom. The minimum absolute atomic E-state index is 0.0105. The van der Waals surface area contributed by atoms with Gasteiger partial charge in [0, 0.05) is 12.1 Å². The Bertz CT molecular complexity index is 629. The molecule has 0 aliphatic rings. The Labute approximate surface area is 129 Å². The van der Waals surface area contributed by atoms with E-state index in [2.05, 4.69) is 0 Å². The fourth-order valence-electron chi connectivity index (χ4n) is 1.75. The zero-order valence-corrected chi connectivity index (χ0v) is 13.5. The van der Waals surface area contributed by atoms with Crippen LogP contribution in [0.3, 0.4) is 0 Å². The molecule has 1 aromatic carbocycles. The van der Waals surface area contributed by atoms with Crippen LogP contribution < -0.4 is 5.73 Å². The smallest absolute Gasteiger partial charge is 0.321 e. The van der Waals surface area contributed by atoms with Gasteiger partial charge in [-0.05, 0) is 13.0 Å². The van der Waals surface area contributed by atoms with E-state index in [-0.39, 0.29) is 35.1 Å². The van der Waals surface area contributed by atoms with Crippen LogP contribution in [0.25, 0.3) is 0 Å². The number of hydrogen-bond donors (Lipinski definition) is 1. The molecular formula is C13H18N2O4S2. The van der Waals surface area contributed by atoms with Crippen molar-refractivity contribution in [3.8, 4) is 0 Å². The van der Waals surface area contributed by atoms with E-state index in [1.807, 2.05) is 0 Å². The molecule has 0 radical (unpaired) electrons. The predicted octanol–water partition coefficient (Wildman–Crippen LogP) is 0.894. The van der Waals surface area contributed by atoms with Crippen molar-refractivity contribution in [2.75, 3.05) is 19.7 Å². The lowest BCUT2D eigenvalue weighted by molar-refractivity contribution is -0.143. The molecule has 0 aliphatic carbocycles. The average molecular weight is 330 g/mol. The van der Waals surface area contributed by atoms with E-state index in [0.29, 0.717) is 0 Å². The third-order valence-electron chi connectivity index (χ3n) is 2.73. The predicted molar refractivity (Wildman–Crippen MR) is 83.4 cm³/mol. The van der Waals surface area contributed by atoms with Crippen molar-refractivity contribution in [3.63, 3.8) is 0 Å². The minimum Gasteiger partial charge on any atom is -0.465 e. The first-order chi connectivity index (χ1) is 9.84. The number of carbonyl (C=O) groups excluding carboxylic acids is 1. The number of hydrogen-bond acceptors (Lipinski definition) is 5. The van der Waals surface area contributed by atoms with Crippen LogP contribution in [0.1, 0.15) is 19.4 Å². The van der Waals surface area contributed by atoms with E-state index < -0.39 is 16.0 Å². The maximum Gasteiger partial charge on any atom is 0.321 e. The van der Waals surface area contributed by atoms with Gasteiger partial charge >= 0.3 is 5.97 Å². The maximum absolute atomic E-state index is 12.6. The van der Waals surface area contributed by atoms with Crippen LogP contribution >= 0.6 is 12.2 Å². The van der Waals surface area contributed by atoms with Gasteiger partial charge < -0.3 is 10.5 Å². The molecule has 6 nitrogen and oxygen atoms in total. The zero-order chi connectivity index (χ0) is 16.0. The van der Waals surface area contributed by atoms with Crippen molar-refractivity contribution >= 4 is 33.2 Å². The topological polar surface area (TPSA) is 89.7 Å². The van der Waals surface area contributed by atoms with Crippen molar-refractivity contribution < 1.29 is 17.9 Å². The second kappa shape index (κ2) is 7.48. The molecular weight excluding hydrogens is 312 g/mol. The van der Waals surface area contributed by atoms with Crippen molar-refractivity contribution in [3.05, 3.63) is 29.8 Å². The van der Waals surface area contributed by atoms with Gasteiger partial charge in [0.1, 0.15) is 11.5 Å². The largest absolute Gasteiger partial charge is 0.465 e. The van der Waals surface area contributed by atoms with E-state index in [4.69, 9.17) is 22.7 Å². The Balaban J connectivity index is 3.19. The summed E-state index contributed by atoms with van der Waals surface area (Å²) >= 11 is 4.87. The molecule has 0 unspecified atom stereocenters. The van der Waals surface area contributed by atoms with Crippen LogP contribution in [0.4, 0.5) is 0 Å². The molecule has 8 heteroatoms. The number of nitrogens with two attached hydrogens (primary N) is 1. The van der Waals surface area contributed by atoms with Gasteiger partial charge in [0.25, 0.3) is 0 Å². The molecule has 0 spiro atoms. The highest BCUT2D eigenvalue weighted by Gasteiger charge is 2.28. The van der Waals surface area contributed by atoms with Crippen LogP contribution in [0.5, 0.6) is 0 Å². The molecule has 21 heavy (non-hydrogen) atoms. The van der Waals surface area contributed by atoms with Gasteiger partial charge in [-0.25, -0.2) is 8.42 Å². The van der Waals surface area contributed by atoms with Crippen molar-refractivity contribution in [2.24, 2.45) is 5.73 Å². The second-order valence-corrected chi connectivity index (χ2v) is 6.44. The van der Waals surface area contributed by atoms with E-state index in [1.165, 1.54) is 12.1 Å². The van der Waals surface area contributed by atoms with Crippen molar-refractivity contribution in [1.82, 2.24) is 4.31 Å². The first kappa shape index (κ1) is 17.5. The van der Waals surface area contributed by atoms with Gasteiger partial charge in [-0.1, -0.05) is 37.3 Å². The van der Waals surface area contributed by atoms with E-state index in [9.17, 15) is 13.2 Å². The van der Waals surface area contributed by atoms with Crippen LogP contribution in [0.2, 0.25) is 0 Å². The third kappa shape index (κ3) is 4.23. The summed E-state index contributed by atoms with van der Waals surface area (Å²) < 4.78 is 31.1. The number of carbonyl (C=O) groups is 1. The molecule has 0 heterocycles. The van der Waals surface area contributed by atoms with Gasteiger partial charge in [-0.15, -0.1) is 0 Å². The number of rotatable bonds is 7. The fourth-order valence-corrected chi connectivity index (χ4v) is 3.59. The lowest BCUT2D eigenvalue weighted by atomic mass is 10.2. The summed E-state index contributed by atoms with van der Waals surface area (Å²) in [5.74, 6) is -0.601. The van der Waals surface area contributed by atoms with Crippen LogP contribution in [-0.2, 0) is 19.6 Å². The van der Waals surface area contributed by atoms with Gasteiger partial charge in [-0.2, -0.15) is 4.31 Å². The maximum atomic E-state index is 12.6. The molecule has 1 rings (SSSR count). The SMILES string of the molecule is CCOC(=O)CN(CC)S(=O)(=O)c1ccccc1C(N)=S. The normalized spacial score (nSPS) is 11.4. The number of likely N-dealkylation sites (N-methyl/N-ethyl adjacent to an activating group) is 1. The highest BCUT2D eigenvalue weighted by atomic mass is 32.2. The average Bonchev–Trinajstić information content (AvgIpc) is 2.44. The molecule has 0 aliphatic heterocycles. The molecule has 0 atom stereocenters. The summed E-state index contributed by atoms with van der Waals surface area (Å²) in [6.07, 6.45) is 0. The Kier molecular flexibility index (Phi) is 6.25. The van der Waals surface area contributed by atoms with Crippen LogP contribution in [0.15, 0.2) is 29.2 Å². The molecule has 116 valence electrons. The molecule has 2 N–H and O–H groups in total. The number of ether oxygens (including phenoxy) is 1. The summed E-state index contributed by atoms with van der Waals surface area (Å²) in [4.78, 5) is 11.5. The highest BCUT2D eigenvalue weighted by molar-refractivity contribution is 7.89. The number of benzene rings is 1. The monoisotopic (exact) mass is 330 g/mol. The second-order valence-electron chi connectivity index (χ2n) is 4.10. The number of nitrogens with zero attached hydrogens (tertiary/aromatic N) is 1. The van der Waals surface area contributed by atoms with Crippen molar-refractivity contribution in [2.45, 2.75) is 18.7 Å². The standard InChI is InChI=1S/C13H18N2O4S2/c1-3-15(9-12(16)19-4-2)21(17,18)11-8-6-5-7-10(11)13(14)20/h5-8H,3-4,9H2,1-2H3,(H2,14,20). The summed E-state index contributed by atoms with van der Waals surface area (Å²) in [5.41, 5.74) is 5.82. The molecule has 0 saturated carbocycles. The highest BCUT2D eigenvalue weighted by Crippen LogP contribution is 2.20. The summed E-state index contributed by atoms with van der Waals surface area (Å²) in [6.45, 7) is 3.27. The van der Waals surface area contributed by atoms with E-state index in [0.717, 1.165) is 4.31 Å². The number of sulfonamides is 1. The molecule has 1 aromatic rings. The first-order valence-corrected chi connectivity index (χ1v) is 8.24. The van der Waals surface area contributed by atoms with Gasteiger partial charge in [-0.3, -0.25) is 4.79 Å². The van der Waals surface area contributed by atoms with Gasteiger partial charge in [0.05, 0.1) is 11.5 Å². The lowest BCUT2D eigenvalue weighted by Gasteiger charge is -2.21. The first-order valence-electron chi connectivity index (χ1n) is 6.39. The molecule has 0 saturated heterocycles. The summed E-state index contributed by atoms with van der Waals surface area (Å²) in [5, 5.41) is 0. The molecule has 0 bridgehead atoms. The third-order valence-corrected chi connectivity index (χ3v) is 4.93. The van der Waals surface area contributed by atoms with Crippen LogP contribution in [-0.4, -0.2) is 43.4 Å². The van der Waals surface area contributed by atoms with Crippen LogP contribution in [0, 0.1) is 0 Å². The summed E-state index contributed by atoms with van der Waals surface area (Å²) in [6, 6.07) is 6.17. The van der Waals surface area contributed by atoms with E-state index >= 15 is 0 Å². The fraction of sp³-hybridized carbons (Fsp3) is 0.385. The van der Waals surface area contributed by atoms with Gasteiger partial charge in [0.2, 0.25) is 10.0 Å². The summed E-state index contributed by atoms with van der Waals surface area (Å²) in [7, 11) is -3.88. The minimum atomic E-state index is -3.88. The quantitative estimate of drug-likeness (QED) is 0.590. The van der Waals surface area contributed by atoms with Gasteiger partial charge in [0.15, 0.2) is 0 Å². The Morgan fingerprint density at radius 1 is 1.33 bits per heavy atom.